The highest BCUT2D eigenvalue weighted by Gasteiger charge is 2.38. The standard InChI is InChI=1S/C11H18O2/c12-7-9-6-5-8-3-1-2-4-10(8)11(9)13/h8-10,12H,1-7H2/t8-,9?,10+/m0/s1. The smallest absolute Gasteiger partial charge is 0.141 e. The molecule has 0 heterocycles. The Morgan fingerprint density at radius 1 is 1.15 bits per heavy atom. The van der Waals surface area contributed by atoms with E-state index in [1.165, 1.54) is 25.7 Å². The molecule has 2 heteroatoms. The lowest BCUT2D eigenvalue weighted by molar-refractivity contribution is -0.134. The van der Waals surface area contributed by atoms with E-state index in [0.29, 0.717) is 17.6 Å². The SMILES string of the molecule is O=C1C(CO)CC[C@@H]2CCCC[C@@H]12. The Labute approximate surface area is 79.3 Å². The van der Waals surface area contributed by atoms with E-state index in [-0.39, 0.29) is 12.5 Å². The van der Waals surface area contributed by atoms with Gasteiger partial charge in [0, 0.05) is 11.8 Å². The lowest BCUT2D eigenvalue weighted by Crippen LogP contribution is -2.38. The third-order valence-electron chi connectivity index (χ3n) is 3.78. The van der Waals surface area contributed by atoms with Crippen molar-refractivity contribution in [3.8, 4) is 0 Å². The minimum Gasteiger partial charge on any atom is -0.396 e. The maximum absolute atomic E-state index is 11.8. The van der Waals surface area contributed by atoms with Crippen LogP contribution in [0.1, 0.15) is 38.5 Å². The van der Waals surface area contributed by atoms with E-state index in [1.807, 2.05) is 0 Å². The number of Topliss-reactive ketones (excluding diaryl/α,β-unsaturated/α-hetero) is 1. The Balaban J connectivity index is 2.05. The summed E-state index contributed by atoms with van der Waals surface area (Å²) in [7, 11) is 0. The van der Waals surface area contributed by atoms with Crippen LogP contribution in [0.2, 0.25) is 0 Å². The number of fused-ring (bicyclic) bond motifs is 1. The monoisotopic (exact) mass is 182 g/mol. The van der Waals surface area contributed by atoms with E-state index in [2.05, 4.69) is 0 Å². The molecule has 0 saturated heterocycles. The summed E-state index contributed by atoms with van der Waals surface area (Å²) in [4.78, 5) is 11.8. The quantitative estimate of drug-likeness (QED) is 0.671. The van der Waals surface area contributed by atoms with Crippen molar-refractivity contribution in [2.45, 2.75) is 38.5 Å². The maximum atomic E-state index is 11.8. The molecule has 0 aromatic carbocycles. The van der Waals surface area contributed by atoms with Crippen molar-refractivity contribution >= 4 is 5.78 Å². The second-order valence-electron chi connectivity index (χ2n) is 4.51. The lowest BCUT2D eigenvalue weighted by Gasteiger charge is -2.37. The highest BCUT2D eigenvalue weighted by Crippen LogP contribution is 2.40. The summed E-state index contributed by atoms with van der Waals surface area (Å²) in [5.41, 5.74) is 0. The molecule has 2 aliphatic rings. The highest BCUT2D eigenvalue weighted by molar-refractivity contribution is 5.84. The Morgan fingerprint density at radius 3 is 2.69 bits per heavy atom. The van der Waals surface area contributed by atoms with Gasteiger partial charge in [0.2, 0.25) is 0 Å². The molecule has 0 spiro atoms. The minimum absolute atomic E-state index is 0.0284. The fraction of sp³-hybridized carbons (Fsp3) is 0.909. The van der Waals surface area contributed by atoms with Gasteiger partial charge in [-0.25, -0.2) is 0 Å². The molecule has 0 aliphatic heterocycles. The molecule has 2 saturated carbocycles. The molecule has 2 nitrogen and oxygen atoms in total. The Morgan fingerprint density at radius 2 is 1.92 bits per heavy atom. The van der Waals surface area contributed by atoms with Crippen molar-refractivity contribution in [1.82, 2.24) is 0 Å². The van der Waals surface area contributed by atoms with Gasteiger partial charge in [0.05, 0.1) is 6.61 Å². The number of aliphatic hydroxyl groups is 1. The van der Waals surface area contributed by atoms with E-state index in [0.717, 1.165) is 12.8 Å². The summed E-state index contributed by atoms with van der Waals surface area (Å²) in [5.74, 6) is 1.29. The van der Waals surface area contributed by atoms with Crippen molar-refractivity contribution in [2.24, 2.45) is 17.8 Å². The fourth-order valence-electron chi connectivity index (χ4n) is 2.97. The van der Waals surface area contributed by atoms with E-state index in [4.69, 9.17) is 5.11 Å². The van der Waals surface area contributed by atoms with Gasteiger partial charge in [-0.1, -0.05) is 12.8 Å². The van der Waals surface area contributed by atoms with Crippen molar-refractivity contribution in [2.75, 3.05) is 6.61 Å². The molecule has 0 radical (unpaired) electrons. The molecular weight excluding hydrogens is 164 g/mol. The molecule has 1 unspecified atom stereocenters. The van der Waals surface area contributed by atoms with Crippen LogP contribution in [0.5, 0.6) is 0 Å². The summed E-state index contributed by atoms with van der Waals surface area (Å²) in [6.45, 7) is 0.0715. The first kappa shape index (κ1) is 9.20. The van der Waals surface area contributed by atoms with Crippen LogP contribution < -0.4 is 0 Å². The predicted octanol–water partition coefficient (Wildman–Crippen LogP) is 1.76. The van der Waals surface area contributed by atoms with E-state index in [9.17, 15) is 4.79 Å². The first-order chi connectivity index (χ1) is 6.33. The van der Waals surface area contributed by atoms with Gasteiger partial charge in [0.25, 0.3) is 0 Å². The normalized spacial score (nSPS) is 40.1. The van der Waals surface area contributed by atoms with Gasteiger partial charge >= 0.3 is 0 Å². The van der Waals surface area contributed by atoms with Gasteiger partial charge in [-0.2, -0.15) is 0 Å². The lowest BCUT2D eigenvalue weighted by atomic mass is 9.67. The molecule has 2 fully saturated rings. The number of hydrogen-bond donors (Lipinski definition) is 1. The largest absolute Gasteiger partial charge is 0.396 e. The van der Waals surface area contributed by atoms with E-state index in [1.54, 1.807) is 0 Å². The van der Waals surface area contributed by atoms with Crippen molar-refractivity contribution in [1.29, 1.82) is 0 Å². The summed E-state index contributed by atoms with van der Waals surface area (Å²) in [6, 6.07) is 0. The van der Waals surface area contributed by atoms with Crippen LogP contribution in [-0.2, 0) is 4.79 Å². The van der Waals surface area contributed by atoms with Gasteiger partial charge in [0.15, 0.2) is 0 Å². The number of hydrogen-bond acceptors (Lipinski definition) is 2. The molecule has 74 valence electrons. The van der Waals surface area contributed by atoms with Gasteiger partial charge in [-0.3, -0.25) is 4.79 Å². The Kier molecular flexibility index (Phi) is 2.68. The van der Waals surface area contributed by atoms with Gasteiger partial charge < -0.3 is 5.11 Å². The molecule has 2 aliphatic carbocycles. The zero-order valence-electron chi connectivity index (χ0n) is 8.04. The fourth-order valence-corrected chi connectivity index (χ4v) is 2.97. The van der Waals surface area contributed by atoms with Crippen LogP contribution in [0.4, 0.5) is 0 Å². The van der Waals surface area contributed by atoms with Crippen LogP contribution in [0.25, 0.3) is 0 Å². The van der Waals surface area contributed by atoms with Crippen LogP contribution >= 0.6 is 0 Å². The van der Waals surface area contributed by atoms with Crippen molar-refractivity contribution in [3.63, 3.8) is 0 Å². The van der Waals surface area contributed by atoms with Crippen LogP contribution in [0.15, 0.2) is 0 Å². The summed E-state index contributed by atoms with van der Waals surface area (Å²) < 4.78 is 0. The molecule has 0 amide bonds. The molecule has 0 aromatic heterocycles. The van der Waals surface area contributed by atoms with Crippen molar-refractivity contribution in [3.05, 3.63) is 0 Å². The minimum atomic E-state index is -0.0284. The molecule has 3 atom stereocenters. The second kappa shape index (κ2) is 3.79. The highest BCUT2D eigenvalue weighted by atomic mass is 16.3. The predicted molar refractivity (Wildman–Crippen MR) is 50.3 cm³/mol. The first-order valence-electron chi connectivity index (χ1n) is 5.47. The molecular formula is C11H18O2. The van der Waals surface area contributed by atoms with E-state index < -0.39 is 0 Å². The number of ketones is 1. The van der Waals surface area contributed by atoms with Gasteiger partial charge in [-0.05, 0) is 31.6 Å². The van der Waals surface area contributed by atoms with Gasteiger partial charge in [0.1, 0.15) is 5.78 Å². The van der Waals surface area contributed by atoms with E-state index >= 15 is 0 Å². The number of aliphatic hydroxyl groups excluding tert-OH is 1. The molecule has 1 N–H and O–H groups in total. The first-order valence-corrected chi connectivity index (χ1v) is 5.47. The number of carbonyl (C=O) groups excluding carboxylic acids is 1. The molecule has 13 heavy (non-hydrogen) atoms. The molecule has 0 bridgehead atoms. The number of carbonyl (C=O) groups is 1. The summed E-state index contributed by atoms with van der Waals surface area (Å²) >= 11 is 0. The summed E-state index contributed by atoms with van der Waals surface area (Å²) in [5, 5.41) is 9.03. The molecule has 0 aromatic rings. The van der Waals surface area contributed by atoms with Crippen molar-refractivity contribution < 1.29 is 9.90 Å². The third-order valence-corrected chi connectivity index (χ3v) is 3.78. The number of rotatable bonds is 1. The second-order valence-corrected chi connectivity index (χ2v) is 4.51. The zero-order chi connectivity index (χ0) is 9.26. The van der Waals surface area contributed by atoms with Crippen LogP contribution in [-0.4, -0.2) is 17.5 Å². The van der Waals surface area contributed by atoms with Crippen LogP contribution in [0.3, 0.4) is 0 Å². The maximum Gasteiger partial charge on any atom is 0.141 e. The van der Waals surface area contributed by atoms with Crippen LogP contribution in [0, 0.1) is 17.8 Å². The third kappa shape index (κ3) is 1.64. The Hall–Kier alpha value is -0.370. The average Bonchev–Trinajstić information content (AvgIpc) is 2.19. The average molecular weight is 182 g/mol. The zero-order valence-corrected chi connectivity index (χ0v) is 8.04. The topological polar surface area (TPSA) is 37.3 Å². The van der Waals surface area contributed by atoms with Gasteiger partial charge in [-0.15, -0.1) is 0 Å². The summed E-state index contributed by atoms with van der Waals surface area (Å²) in [6.07, 6.45) is 6.94. The Bertz CT molecular complexity index is 200. The molecule has 2 rings (SSSR count).